The Morgan fingerprint density at radius 2 is 1.72 bits per heavy atom. The first-order valence-corrected chi connectivity index (χ1v) is 10.6. The van der Waals surface area contributed by atoms with E-state index in [9.17, 15) is 18.0 Å². The molecule has 0 aliphatic rings. The van der Waals surface area contributed by atoms with E-state index in [0.717, 1.165) is 0 Å². The van der Waals surface area contributed by atoms with Crippen molar-refractivity contribution in [3.63, 3.8) is 0 Å². The molecule has 1 amide bonds. The molecule has 2 aromatic rings. The maximum absolute atomic E-state index is 12.5. The number of sulfonamides is 1. The van der Waals surface area contributed by atoms with Gasteiger partial charge in [0.2, 0.25) is 15.9 Å². The number of nitrogens with zero attached hydrogens (tertiary/aromatic N) is 1. The molecule has 0 radical (unpaired) electrons. The zero-order valence-electron chi connectivity index (χ0n) is 16.6. The number of hydrogen-bond donors (Lipinski definition) is 1. The summed E-state index contributed by atoms with van der Waals surface area (Å²) in [5.74, 6) is -0.517. The Kier molecular flexibility index (Phi) is 7.69. The van der Waals surface area contributed by atoms with Gasteiger partial charge in [0, 0.05) is 37.8 Å². The molecular formula is C21H24N2O5S. The first-order chi connectivity index (χ1) is 13.8. The number of carbonyl (C=O) groups excluding carboxylic acids is 2. The van der Waals surface area contributed by atoms with Crippen LogP contribution in [0, 0.1) is 0 Å². The highest BCUT2D eigenvalue weighted by molar-refractivity contribution is 7.89. The zero-order chi connectivity index (χ0) is 21.4. The number of esters is 1. The van der Waals surface area contributed by atoms with Crippen molar-refractivity contribution in [3.05, 3.63) is 60.2 Å². The minimum absolute atomic E-state index is 0.204. The van der Waals surface area contributed by atoms with Crippen LogP contribution in [-0.2, 0) is 19.6 Å². The van der Waals surface area contributed by atoms with Crippen LogP contribution in [0.15, 0.2) is 59.5 Å². The van der Waals surface area contributed by atoms with E-state index in [2.05, 4.69) is 5.32 Å². The molecule has 0 fully saturated rings. The van der Waals surface area contributed by atoms with E-state index < -0.39 is 16.0 Å². The van der Waals surface area contributed by atoms with Crippen LogP contribution in [0.5, 0.6) is 5.75 Å². The summed E-state index contributed by atoms with van der Waals surface area (Å²) in [5.41, 5.74) is 1.18. The number of rotatable bonds is 8. The van der Waals surface area contributed by atoms with Crippen molar-refractivity contribution in [3.8, 4) is 5.75 Å². The van der Waals surface area contributed by atoms with Gasteiger partial charge in [-0.3, -0.25) is 4.79 Å². The summed E-state index contributed by atoms with van der Waals surface area (Å²) < 4.78 is 31.6. The van der Waals surface area contributed by atoms with Crippen LogP contribution in [-0.4, -0.2) is 37.7 Å². The van der Waals surface area contributed by atoms with Crippen LogP contribution in [0.4, 0.5) is 5.69 Å². The van der Waals surface area contributed by atoms with Crippen molar-refractivity contribution in [2.75, 3.05) is 18.4 Å². The summed E-state index contributed by atoms with van der Waals surface area (Å²) in [7, 11) is -3.52. The molecular weight excluding hydrogens is 392 g/mol. The molecule has 0 atom stereocenters. The van der Waals surface area contributed by atoms with Crippen molar-refractivity contribution in [1.82, 2.24) is 4.31 Å². The Labute approximate surface area is 171 Å². The highest BCUT2D eigenvalue weighted by atomic mass is 32.2. The number of benzene rings is 2. The molecule has 8 heteroatoms. The Morgan fingerprint density at radius 3 is 2.31 bits per heavy atom. The SMILES string of the molecule is CCN(CC)S(=O)(=O)c1ccc(/C=C/C(=O)Oc2cccc(NC(C)=O)c2)cc1. The zero-order valence-corrected chi connectivity index (χ0v) is 17.4. The standard InChI is InChI=1S/C21H24N2O5S/c1-4-23(5-2)29(26,27)20-12-9-17(10-13-20)11-14-21(25)28-19-8-6-7-18(15-19)22-16(3)24/h6-15H,4-5H2,1-3H3,(H,22,24)/b14-11+. The molecule has 154 valence electrons. The van der Waals surface area contributed by atoms with Crippen molar-refractivity contribution in [2.24, 2.45) is 0 Å². The first kappa shape index (κ1) is 22.3. The lowest BCUT2D eigenvalue weighted by Gasteiger charge is -2.18. The van der Waals surface area contributed by atoms with Gasteiger partial charge in [-0.1, -0.05) is 32.0 Å². The van der Waals surface area contributed by atoms with Crippen LogP contribution in [0.2, 0.25) is 0 Å². The lowest BCUT2D eigenvalue weighted by atomic mass is 10.2. The summed E-state index contributed by atoms with van der Waals surface area (Å²) in [5, 5.41) is 2.61. The number of carbonyl (C=O) groups is 2. The normalized spacial score (nSPS) is 11.6. The number of hydrogen-bond acceptors (Lipinski definition) is 5. The Balaban J connectivity index is 2.05. The lowest BCUT2D eigenvalue weighted by molar-refractivity contribution is -0.128. The van der Waals surface area contributed by atoms with Gasteiger partial charge in [-0.15, -0.1) is 0 Å². The molecule has 0 saturated carbocycles. The first-order valence-electron chi connectivity index (χ1n) is 9.14. The predicted molar refractivity (Wildman–Crippen MR) is 112 cm³/mol. The average molecular weight is 416 g/mol. The van der Waals surface area contributed by atoms with Gasteiger partial charge in [-0.25, -0.2) is 13.2 Å². The molecule has 0 aliphatic carbocycles. The second-order valence-corrected chi connectivity index (χ2v) is 8.06. The molecule has 2 aromatic carbocycles. The second kappa shape index (κ2) is 9.99. The minimum atomic E-state index is -3.52. The monoisotopic (exact) mass is 416 g/mol. The number of anilines is 1. The second-order valence-electron chi connectivity index (χ2n) is 6.12. The quantitative estimate of drug-likeness (QED) is 0.405. The summed E-state index contributed by atoms with van der Waals surface area (Å²) >= 11 is 0. The van der Waals surface area contributed by atoms with Gasteiger partial charge in [0.15, 0.2) is 0 Å². The number of amides is 1. The van der Waals surface area contributed by atoms with E-state index in [1.807, 2.05) is 0 Å². The number of ether oxygens (including phenoxy) is 1. The smallest absolute Gasteiger partial charge is 0.336 e. The molecule has 7 nitrogen and oxygen atoms in total. The third-order valence-corrected chi connectivity index (χ3v) is 6.07. The fourth-order valence-electron chi connectivity index (χ4n) is 2.62. The fraction of sp³-hybridized carbons (Fsp3) is 0.238. The summed E-state index contributed by atoms with van der Waals surface area (Å²) in [6.45, 7) is 5.76. The highest BCUT2D eigenvalue weighted by Crippen LogP contribution is 2.19. The van der Waals surface area contributed by atoms with Crippen molar-refractivity contribution in [2.45, 2.75) is 25.7 Å². The molecule has 2 rings (SSSR count). The average Bonchev–Trinajstić information content (AvgIpc) is 2.67. The molecule has 0 unspecified atom stereocenters. The van der Waals surface area contributed by atoms with Crippen LogP contribution < -0.4 is 10.1 Å². The summed E-state index contributed by atoms with van der Waals surface area (Å²) in [6.07, 6.45) is 2.78. The minimum Gasteiger partial charge on any atom is -0.423 e. The fourth-order valence-corrected chi connectivity index (χ4v) is 4.08. The van der Waals surface area contributed by atoms with E-state index in [4.69, 9.17) is 4.74 Å². The Morgan fingerprint density at radius 1 is 1.07 bits per heavy atom. The van der Waals surface area contributed by atoms with Gasteiger partial charge in [-0.2, -0.15) is 4.31 Å². The van der Waals surface area contributed by atoms with E-state index in [0.29, 0.717) is 30.1 Å². The van der Waals surface area contributed by atoms with E-state index >= 15 is 0 Å². The molecule has 1 N–H and O–H groups in total. The molecule has 29 heavy (non-hydrogen) atoms. The van der Waals surface area contributed by atoms with Gasteiger partial charge in [0.25, 0.3) is 0 Å². The summed E-state index contributed by atoms with van der Waals surface area (Å²) in [4.78, 5) is 23.3. The van der Waals surface area contributed by atoms with Crippen molar-refractivity contribution < 1.29 is 22.7 Å². The van der Waals surface area contributed by atoms with E-state index in [-0.39, 0.29) is 10.8 Å². The molecule has 0 bridgehead atoms. The number of nitrogens with one attached hydrogen (secondary N) is 1. The van der Waals surface area contributed by atoms with Gasteiger partial charge >= 0.3 is 5.97 Å². The van der Waals surface area contributed by atoms with Crippen molar-refractivity contribution >= 4 is 33.7 Å². The third kappa shape index (κ3) is 6.27. The molecule has 0 aromatic heterocycles. The maximum Gasteiger partial charge on any atom is 0.336 e. The van der Waals surface area contributed by atoms with Crippen LogP contribution in [0.1, 0.15) is 26.3 Å². The van der Waals surface area contributed by atoms with Crippen LogP contribution in [0.25, 0.3) is 6.08 Å². The maximum atomic E-state index is 12.5. The van der Waals surface area contributed by atoms with Gasteiger partial charge < -0.3 is 10.1 Å². The van der Waals surface area contributed by atoms with Crippen LogP contribution >= 0.6 is 0 Å². The largest absolute Gasteiger partial charge is 0.423 e. The molecule has 0 saturated heterocycles. The van der Waals surface area contributed by atoms with Gasteiger partial charge in [0.05, 0.1) is 4.90 Å². The van der Waals surface area contributed by atoms with Gasteiger partial charge in [-0.05, 0) is 35.9 Å². The Bertz CT molecular complexity index is 994. The highest BCUT2D eigenvalue weighted by Gasteiger charge is 2.20. The molecule has 0 heterocycles. The van der Waals surface area contributed by atoms with E-state index in [1.165, 1.54) is 35.5 Å². The summed E-state index contributed by atoms with van der Waals surface area (Å²) in [6, 6.07) is 12.7. The predicted octanol–water partition coefficient (Wildman–Crippen LogP) is 3.29. The molecule has 0 aliphatic heterocycles. The topological polar surface area (TPSA) is 92.8 Å². The molecule has 0 spiro atoms. The van der Waals surface area contributed by atoms with Crippen LogP contribution in [0.3, 0.4) is 0 Å². The van der Waals surface area contributed by atoms with E-state index in [1.54, 1.807) is 50.2 Å². The third-order valence-electron chi connectivity index (χ3n) is 4.01. The Hall–Kier alpha value is -2.97. The van der Waals surface area contributed by atoms with Crippen molar-refractivity contribution in [1.29, 1.82) is 0 Å². The lowest BCUT2D eigenvalue weighted by Crippen LogP contribution is -2.30. The van der Waals surface area contributed by atoms with Gasteiger partial charge in [0.1, 0.15) is 5.75 Å².